The predicted molar refractivity (Wildman–Crippen MR) is 78.6 cm³/mol. The van der Waals surface area contributed by atoms with Crippen molar-refractivity contribution in [1.82, 2.24) is 20.2 Å². The molecule has 1 atom stereocenters. The predicted octanol–water partition coefficient (Wildman–Crippen LogP) is 1.27. The van der Waals surface area contributed by atoms with Crippen molar-refractivity contribution >= 4 is 5.91 Å². The van der Waals surface area contributed by atoms with Crippen molar-refractivity contribution in [3.05, 3.63) is 23.3 Å². The van der Waals surface area contributed by atoms with Crippen LogP contribution in [0, 0.1) is 6.92 Å². The first-order valence-corrected chi connectivity index (χ1v) is 7.31. The number of aromatic nitrogens is 2. The Morgan fingerprint density at radius 3 is 2.90 bits per heavy atom. The summed E-state index contributed by atoms with van der Waals surface area (Å²) in [5.74, 6) is 1.48. The van der Waals surface area contributed by atoms with Crippen molar-refractivity contribution in [3.63, 3.8) is 0 Å². The average molecular weight is 276 g/mol. The van der Waals surface area contributed by atoms with E-state index in [1.54, 1.807) is 19.0 Å². The Morgan fingerprint density at radius 1 is 1.45 bits per heavy atom. The molecule has 0 radical (unpaired) electrons. The highest BCUT2D eigenvalue weighted by Crippen LogP contribution is 2.20. The molecule has 1 fully saturated rings. The Kier molecular flexibility index (Phi) is 5.06. The first kappa shape index (κ1) is 14.9. The maximum Gasteiger partial charge on any atom is 0.222 e. The number of carbonyl (C=O) groups is 1. The number of carbonyl (C=O) groups excluding carboxylic acids is 1. The van der Waals surface area contributed by atoms with Gasteiger partial charge in [0.2, 0.25) is 5.91 Å². The second-order valence-electron chi connectivity index (χ2n) is 5.69. The first-order valence-electron chi connectivity index (χ1n) is 7.31. The highest BCUT2D eigenvalue weighted by molar-refractivity contribution is 5.75. The van der Waals surface area contributed by atoms with Gasteiger partial charge in [0.05, 0.1) is 0 Å². The highest BCUT2D eigenvalue weighted by Gasteiger charge is 2.18. The molecule has 1 aliphatic rings. The van der Waals surface area contributed by atoms with Gasteiger partial charge in [-0.25, -0.2) is 9.97 Å². The molecular formula is C15H24N4O. The van der Waals surface area contributed by atoms with Gasteiger partial charge in [0.1, 0.15) is 5.82 Å². The summed E-state index contributed by atoms with van der Waals surface area (Å²) in [5, 5.41) is 3.40. The third-order valence-corrected chi connectivity index (χ3v) is 3.68. The number of hydrogen-bond acceptors (Lipinski definition) is 4. The minimum atomic E-state index is 0.141. The van der Waals surface area contributed by atoms with Crippen LogP contribution in [-0.2, 0) is 11.2 Å². The zero-order valence-corrected chi connectivity index (χ0v) is 12.6. The number of amides is 1. The van der Waals surface area contributed by atoms with Crippen molar-refractivity contribution in [1.29, 1.82) is 0 Å². The molecule has 5 nitrogen and oxygen atoms in total. The molecule has 1 saturated heterocycles. The van der Waals surface area contributed by atoms with Gasteiger partial charge in [0, 0.05) is 44.4 Å². The number of nitrogens with one attached hydrogen (secondary N) is 1. The van der Waals surface area contributed by atoms with Gasteiger partial charge >= 0.3 is 0 Å². The summed E-state index contributed by atoms with van der Waals surface area (Å²) in [6.07, 6.45) is 3.52. The first-order chi connectivity index (χ1) is 9.56. The van der Waals surface area contributed by atoms with Crippen LogP contribution in [0.15, 0.2) is 6.07 Å². The third-order valence-electron chi connectivity index (χ3n) is 3.68. The van der Waals surface area contributed by atoms with E-state index in [2.05, 4.69) is 15.3 Å². The minimum absolute atomic E-state index is 0.141. The largest absolute Gasteiger partial charge is 0.349 e. The lowest BCUT2D eigenvalue weighted by Gasteiger charge is -2.22. The number of hydrogen-bond donors (Lipinski definition) is 1. The summed E-state index contributed by atoms with van der Waals surface area (Å²) in [5.41, 5.74) is 1.97. The fourth-order valence-corrected chi connectivity index (χ4v) is 2.50. The smallest absolute Gasteiger partial charge is 0.222 e. The third kappa shape index (κ3) is 4.00. The van der Waals surface area contributed by atoms with Gasteiger partial charge in [0.25, 0.3) is 0 Å². The molecular weight excluding hydrogens is 252 g/mol. The highest BCUT2D eigenvalue weighted by atomic mass is 16.2. The molecule has 110 valence electrons. The molecule has 1 aromatic heterocycles. The van der Waals surface area contributed by atoms with Gasteiger partial charge < -0.3 is 10.2 Å². The Hall–Kier alpha value is -1.49. The molecule has 5 heteroatoms. The van der Waals surface area contributed by atoms with E-state index in [0.29, 0.717) is 18.8 Å². The summed E-state index contributed by atoms with van der Waals surface area (Å²) in [6.45, 7) is 4.05. The van der Waals surface area contributed by atoms with Crippen LogP contribution in [0.2, 0.25) is 0 Å². The molecule has 1 N–H and O–H groups in total. The topological polar surface area (TPSA) is 58.1 Å². The van der Waals surface area contributed by atoms with E-state index in [0.717, 1.165) is 36.7 Å². The average Bonchev–Trinajstić information content (AvgIpc) is 2.45. The van der Waals surface area contributed by atoms with Crippen LogP contribution in [0.4, 0.5) is 0 Å². The summed E-state index contributed by atoms with van der Waals surface area (Å²) in [4.78, 5) is 22.5. The van der Waals surface area contributed by atoms with Gasteiger partial charge in [-0.05, 0) is 38.8 Å². The van der Waals surface area contributed by atoms with Crippen LogP contribution in [0.3, 0.4) is 0 Å². The van der Waals surface area contributed by atoms with Crippen molar-refractivity contribution in [2.24, 2.45) is 0 Å². The molecule has 20 heavy (non-hydrogen) atoms. The summed E-state index contributed by atoms with van der Waals surface area (Å²) < 4.78 is 0. The molecule has 0 saturated carbocycles. The Morgan fingerprint density at radius 2 is 2.25 bits per heavy atom. The van der Waals surface area contributed by atoms with Gasteiger partial charge in [-0.15, -0.1) is 0 Å². The monoisotopic (exact) mass is 276 g/mol. The molecule has 2 heterocycles. The molecule has 0 spiro atoms. The fourth-order valence-electron chi connectivity index (χ4n) is 2.50. The summed E-state index contributed by atoms with van der Waals surface area (Å²) in [6, 6.07) is 1.99. The van der Waals surface area contributed by atoms with Gasteiger partial charge in [-0.3, -0.25) is 4.79 Å². The standard InChI is InChI=1S/C15H24N4O/c1-11-9-13(6-7-14(20)19(2)3)18-15(17-11)12-5-4-8-16-10-12/h9,12,16H,4-8,10H2,1-3H3/t12-/m0/s1. The fraction of sp³-hybridized carbons (Fsp3) is 0.667. The van der Waals surface area contributed by atoms with Crippen molar-refractivity contribution in [2.75, 3.05) is 27.2 Å². The number of aryl methyl sites for hydroxylation is 2. The van der Waals surface area contributed by atoms with E-state index >= 15 is 0 Å². The van der Waals surface area contributed by atoms with Crippen molar-refractivity contribution in [2.45, 2.75) is 38.5 Å². The number of piperidine rings is 1. The molecule has 2 rings (SSSR count). The van der Waals surface area contributed by atoms with Crippen LogP contribution in [0.1, 0.15) is 42.4 Å². The van der Waals surface area contributed by atoms with E-state index < -0.39 is 0 Å². The lowest BCUT2D eigenvalue weighted by molar-refractivity contribution is -0.128. The summed E-state index contributed by atoms with van der Waals surface area (Å²) in [7, 11) is 3.57. The molecule has 0 unspecified atom stereocenters. The maximum absolute atomic E-state index is 11.7. The van der Waals surface area contributed by atoms with Crippen molar-refractivity contribution < 1.29 is 4.79 Å². The molecule has 1 amide bonds. The number of rotatable bonds is 4. The zero-order valence-electron chi connectivity index (χ0n) is 12.6. The van der Waals surface area contributed by atoms with Crippen LogP contribution >= 0.6 is 0 Å². The van der Waals surface area contributed by atoms with E-state index in [1.807, 2.05) is 13.0 Å². The van der Waals surface area contributed by atoms with Crippen molar-refractivity contribution in [3.8, 4) is 0 Å². The normalized spacial score (nSPS) is 18.9. The molecule has 0 aliphatic carbocycles. The number of nitrogens with zero attached hydrogens (tertiary/aromatic N) is 3. The Balaban J connectivity index is 2.06. The van der Waals surface area contributed by atoms with Crippen LogP contribution in [0.25, 0.3) is 0 Å². The lowest BCUT2D eigenvalue weighted by atomic mass is 9.98. The van der Waals surface area contributed by atoms with E-state index in [-0.39, 0.29) is 5.91 Å². The Bertz CT molecular complexity index is 467. The minimum Gasteiger partial charge on any atom is -0.349 e. The van der Waals surface area contributed by atoms with Crippen LogP contribution < -0.4 is 5.32 Å². The SMILES string of the molecule is Cc1cc(CCC(=O)N(C)C)nc([C@H]2CCCNC2)n1. The quantitative estimate of drug-likeness (QED) is 0.900. The molecule has 1 aliphatic heterocycles. The summed E-state index contributed by atoms with van der Waals surface area (Å²) >= 11 is 0. The van der Waals surface area contributed by atoms with E-state index in [9.17, 15) is 4.79 Å². The van der Waals surface area contributed by atoms with Crippen LogP contribution in [0.5, 0.6) is 0 Å². The molecule has 0 bridgehead atoms. The lowest BCUT2D eigenvalue weighted by Crippen LogP contribution is -2.29. The van der Waals surface area contributed by atoms with Crippen LogP contribution in [-0.4, -0.2) is 48.0 Å². The molecule has 0 aromatic carbocycles. The van der Waals surface area contributed by atoms with E-state index in [1.165, 1.54) is 6.42 Å². The second-order valence-corrected chi connectivity index (χ2v) is 5.69. The van der Waals surface area contributed by atoms with Gasteiger partial charge in [-0.2, -0.15) is 0 Å². The van der Waals surface area contributed by atoms with Gasteiger partial charge in [0.15, 0.2) is 0 Å². The van der Waals surface area contributed by atoms with E-state index in [4.69, 9.17) is 0 Å². The van der Waals surface area contributed by atoms with Gasteiger partial charge in [-0.1, -0.05) is 0 Å². The molecule has 1 aromatic rings. The maximum atomic E-state index is 11.7. The Labute approximate surface area is 120 Å². The second kappa shape index (κ2) is 6.79. The zero-order chi connectivity index (χ0) is 14.5.